The van der Waals surface area contributed by atoms with Crippen LogP contribution in [-0.2, 0) is 13.5 Å². The molecule has 3 rings (SSSR count). The Labute approximate surface area is 106 Å². The number of benzene rings is 1. The molecule has 3 nitrogen and oxygen atoms in total. The Morgan fingerprint density at radius 2 is 2.00 bits per heavy atom. The highest BCUT2D eigenvalue weighted by Crippen LogP contribution is 2.25. The maximum absolute atomic E-state index is 12.3. The molecule has 0 fully saturated rings. The average Bonchev–Trinajstić information content (AvgIpc) is 2.77. The molecule has 0 unspecified atom stereocenters. The molecular weight excluding hydrogens is 224 g/mol. The molecule has 90 valence electrons. The van der Waals surface area contributed by atoms with Gasteiger partial charge in [-0.3, -0.25) is 9.48 Å². The Morgan fingerprint density at radius 1 is 1.22 bits per heavy atom. The molecule has 0 amide bonds. The van der Waals surface area contributed by atoms with Gasteiger partial charge in [-0.1, -0.05) is 30.3 Å². The Morgan fingerprint density at radius 3 is 2.78 bits per heavy atom. The van der Waals surface area contributed by atoms with E-state index in [1.54, 1.807) is 10.9 Å². The molecule has 0 radical (unpaired) electrons. The van der Waals surface area contributed by atoms with Crippen LogP contribution >= 0.6 is 0 Å². The van der Waals surface area contributed by atoms with Gasteiger partial charge in [-0.2, -0.15) is 5.10 Å². The molecule has 1 aromatic carbocycles. The van der Waals surface area contributed by atoms with Crippen molar-refractivity contribution in [2.24, 2.45) is 7.05 Å². The van der Waals surface area contributed by atoms with Crippen molar-refractivity contribution in [3.05, 3.63) is 58.9 Å². The van der Waals surface area contributed by atoms with E-state index in [4.69, 9.17) is 0 Å². The minimum Gasteiger partial charge on any atom is -0.289 e. The lowest BCUT2D eigenvalue weighted by Gasteiger charge is -2.14. The van der Waals surface area contributed by atoms with E-state index < -0.39 is 0 Å². The third-order valence-corrected chi connectivity index (χ3v) is 3.37. The van der Waals surface area contributed by atoms with E-state index >= 15 is 0 Å². The van der Waals surface area contributed by atoms with E-state index in [9.17, 15) is 4.79 Å². The zero-order chi connectivity index (χ0) is 12.5. The second-order valence-corrected chi connectivity index (χ2v) is 4.54. The van der Waals surface area contributed by atoms with Crippen LogP contribution in [0.4, 0.5) is 0 Å². The molecule has 1 aliphatic rings. The van der Waals surface area contributed by atoms with E-state index in [1.165, 1.54) is 0 Å². The summed E-state index contributed by atoms with van der Waals surface area (Å²) in [6.45, 7) is 0. The fourth-order valence-electron chi connectivity index (χ4n) is 2.38. The summed E-state index contributed by atoms with van der Waals surface area (Å²) >= 11 is 0. The fourth-order valence-corrected chi connectivity index (χ4v) is 2.38. The summed E-state index contributed by atoms with van der Waals surface area (Å²) in [4.78, 5) is 12.3. The first-order chi connectivity index (χ1) is 8.75. The maximum Gasteiger partial charge on any atom is 0.192 e. The molecule has 18 heavy (non-hydrogen) atoms. The molecular formula is C15H14N2O. The zero-order valence-corrected chi connectivity index (χ0v) is 10.3. The molecule has 1 heterocycles. The summed E-state index contributed by atoms with van der Waals surface area (Å²) in [6.07, 6.45) is 5.34. The first-order valence-electron chi connectivity index (χ1n) is 6.07. The number of ketones is 1. The first kappa shape index (κ1) is 11.0. The average molecular weight is 238 g/mol. The predicted octanol–water partition coefficient (Wildman–Crippen LogP) is 2.63. The second-order valence-electron chi connectivity index (χ2n) is 4.54. The Bertz CT molecular complexity index is 623. The number of allylic oxidation sites excluding steroid dienone is 1. The smallest absolute Gasteiger partial charge is 0.192 e. The van der Waals surface area contributed by atoms with Crippen molar-refractivity contribution in [3.63, 3.8) is 0 Å². The normalized spacial score (nSPS) is 16.9. The van der Waals surface area contributed by atoms with E-state index in [0.29, 0.717) is 0 Å². The number of hydrogen-bond donors (Lipinski definition) is 0. The highest BCUT2D eigenvalue weighted by atomic mass is 16.1. The van der Waals surface area contributed by atoms with Crippen molar-refractivity contribution < 1.29 is 4.79 Å². The van der Waals surface area contributed by atoms with Crippen LogP contribution in [0.3, 0.4) is 0 Å². The van der Waals surface area contributed by atoms with Gasteiger partial charge in [-0.25, -0.2) is 0 Å². The van der Waals surface area contributed by atoms with Crippen molar-refractivity contribution in [1.82, 2.24) is 9.78 Å². The van der Waals surface area contributed by atoms with Crippen LogP contribution in [0.25, 0.3) is 6.08 Å². The largest absolute Gasteiger partial charge is 0.289 e. The second kappa shape index (κ2) is 4.26. The molecule has 0 N–H and O–H groups in total. The number of Topliss-reactive ketones (excluding diaryl/α,β-unsaturated/α-hetero) is 1. The summed E-state index contributed by atoms with van der Waals surface area (Å²) in [5.41, 5.74) is 3.76. The highest BCUT2D eigenvalue weighted by Gasteiger charge is 2.24. The number of carbonyl (C=O) groups excluding carboxylic acids is 1. The van der Waals surface area contributed by atoms with Gasteiger partial charge < -0.3 is 0 Å². The third-order valence-electron chi connectivity index (χ3n) is 3.37. The summed E-state index contributed by atoms with van der Waals surface area (Å²) in [5.74, 6) is 0.119. The van der Waals surface area contributed by atoms with Gasteiger partial charge >= 0.3 is 0 Å². The molecule has 1 aliphatic carbocycles. The standard InChI is InChI=1S/C15H14N2O/c1-17-14-8-7-12(15(18)13(14)10-16-17)9-11-5-3-2-4-6-11/h2-6,9-10H,7-8H2,1H3/b12-9-. The van der Waals surface area contributed by atoms with E-state index in [0.717, 1.165) is 35.2 Å². The van der Waals surface area contributed by atoms with Gasteiger partial charge in [0.1, 0.15) is 0 Å². The Balaban J connectivity index is 1.98. The quantitative estimate of drug-likeness (QED) is 0.716. The molecule has 2 aromatic rings. The maximum atomic E-state index is 12.3. The summed E-state index contributed by atoms with van der Waals surface area (Å²) in [6, 6.07) is 9.96. The SMILES string of the molecule is Cn1ncc2c1CC/C(=C/c1ccccc1)C2=O. The summed E-state index contributed by atoms with van der Waals surface area (Å²) < 4.78 is 1.80. The van der Waals surface area contributed by atoms with Crippen molar-refractivity contribution in [3.8, 4) is 0 Å². The van der Waals surface area contributed by atoms with Crippen LogP contribution < -0.4 is 0 Å². The number of rotatable bonds is 1. The first-order valence-corrected chi connectivity index (χ1v) is 6.07. The molecule has 0 saturated carbocycles. The van der Waals surface area contributed by atoms with Gasteiger partial charge in [0.2, 0.25) is 0 Å². The number of aromatic nitrogens is 2. The molecule has 0 atom stereocenters. The number of hydrogen-bond acceptors (Lipinski definition) is 2. The molecule has 3 heteroatoms. The molecule has 1 aromatic heterocycles. The van der Waals surface area contributed by atoms with Crippen molar-refractivity contribution >= 4 is 11.9 Å². The number of aryl methyl sites for hydroxylation is 1. The number of carbonyl (C=O) groups is 1. The zero-order valence-electron chi connectivity index (χ0n) is 10.3. The summed E-state index contributed by atoms with van der Waals surface area (Å²) in [7, 11) is 1.89. The lowest BCUT2D eigenvalue weighted by molar-refractivity contribution is 0.102. The van der Waals surface area contributed by atoms with Crippen molar-refractivity contribution in [2.75, 3.05) is 0 Å². The van der Waals surface area contributed by atoms with Crippen molar-refractivity contribution in [1.29, 1.82) is 0 Å². The Kier molecular flexibility index (Phi) is 2.59. The van der Waals surface area contributed by atoms with Gasteiger partial charge in [0.15, 0.2) is 5.78 Å². The van der Waals surface area contributed by atoms with Gasteiger partial charge in [0, 0.05) is 18.3 Å². The Hall–Kier alpha value is -2.16. The van der Waals surface area contributed by atoms with Crippen LogP contribution in [-0.4, -0.2) is 15.6 Å². The van der Waals surface area contributed by atoms with Crippen LogP contribution in [0.2, 0.25) is 0 Å². The van der Waals surface area contributed by atoms with E-state index in [-0.39, 0.29) is 5.78 Å². The lowest BCUT2D eigenvalue weighted by atomic mass is 9.90. The van der Waals surface area contributed by atoms with E-state index in [2.05, 4.69) is 5.10 Å². The van der Waals surface area contributed by atoms with Gasteiger partial charge in [-0.05, 0) is 24.5 Å². The van der Waals surface area contributed by atoms with Gasteiger partial charge in [0.25, 0.3) is 0 Å². The molecule has 0 spiro atoms. The van der Waals surface area contributed by atoms with Crippen LogP contribution in [0.5, 0.6) is 0 Å². The van der Waals surface area contributed by atoms with Gasteiger partial charge in [-0.15, -0.1) is 0 Å². The molecule has 0 bridgehead atoms. The highest BCUT2D eigenvalue weighted by molar-refractivity contribution is 6.12. The van der Waals surface area contributed by atoms with E-state index in [1.807, 2.05) is 43.5 Å². The van der Waals surface area contributed by atoms with Crippen LogP contribution in [0.15, 0.2) is 42.1 Å². The lowest BCUT2D eigenvalue weighted by Crippen LogP contribution is -2.14. The minimum absolute atomic E-state index is 0.119. The number of fused-ring (bicyclic) bond motifs is 1. The van der Waals surface area contributed by atoms with Gasteiger partial charge in [0.05, 0.1) is 11.8 Å². The predicted molar refractivity (Wildman–Crippen MR) is 70.3 cm³/mol. The molecule has 0 aliphatic heterocycles. The van der Waals surface area contributed by atoms with Crippen LogP contribution in [0.1, 0.15) is 28.0 Å². The monoisotopic (exact) mass is 238 g/mol. The van der Waals surface area contributed by atoms with Crippen molar-refractivity contribution in [2.45, 2.75) is 12.8 Å². The summed E-state index contributed by atoms with van der Waals surface area (Å²) in [5, 5.41) is 4.16. The topological polar surface area (TPSA) is 34.9 Å². The third kappa shape index (κ3) is 1.78. The minimum atomic E-state index is 0.119. The fraction of sp³-hybridized carbons (Fsp3) is 0.200. The molecule has 0 saturated heterocycles. The van der Waals surface area contributed by atoms with Crippen LogP contribution in [0, 0.1) is 0 Å². The number of nitrogens with zero attached hydrogens (tertiary/aromatic N) is 2.